The minimum Gasteiger partial charge on any atom is -0.480 e. The molecule has 19 heavy (non-hydrogen) atoms. The van der Waals surface area contributed by atoms with E-state index < -0.39 is 17.9 Å². The fourth-order valence-electron chi connectivity index (χ4n) is 1.59. The molecule has 1 rings (SSSR count). The molecular formula is C13H20N2O4. The summed E-state index contributed by atoms with van der Waals surface area (Å²) in [5.41, 5.74) is 0.110. The maximum absolute atomic E-state index is 11.9. The van der Waals surface area contributed by atoms with Crippen LogP contribution in [0.4, 0.5) is 0 Å². The van der Waals surface area contributed by atoms with Crippen LogP contribution in [-0.2, 0) is 4.79 Å². The second-order valence-electron chi connectivity index (χ2n) is 5.26. The summed E-state index contributed by atoms with van der Waals surface area (Å²) in [5.74, 6) is -0.677. The fraction of sp³-hybridized carbons (Fsp3) is 0.615. The van der Waals surface area contributed by atoms with Crippen LogP contribution in [0.3, 0.4) is 0 Å². The number of nitrogens with zero attached hydrogens (tertiary/aromatic N) is 1. The Morgan fingerprint density at radius 3 is 2.42 bits per heavy atom. The van der Waals surface area contributed by atoms with E-state index in [0.29, 0.717) is 12.2 Å². The Balaban J connectivity index is 2.73. The third kappa shape index (κ3) is 4.39. The third-order valence-corrected chi connectivity index (χ3v) is 2.64. The van der Waals surface area contributed by atoms with Crippen molar-refractivity contribution in [2.75, 3.05) is 0 Å². The molecule has 0 fully saturated rings. The molecule has 1 amide bonds. The van der Waals surface area contributed by atoms with Crippen molar-refractivity contribution in [3.05, 3.63) is 17.5 Å². The summed E-state index contributed by atoms with van der Waals surface area (Å²) >= 11 is 0. The van der Waals surface area contributed by atoms with Crippen molar-refractivity contribution in [1.29, 1.82) is 0 Å². The molecule has 0 bridgehead atoms. The van der Waals surface area contributed by atoms with Gasteiger partial charge in [0.05, 0.1) is 0 Å². The average molecular weight is 268 g/mol. The van der Waals surface area contributed by atoms with Crippen molar-refractivity contribution < 1.29 is 19.2 Å². The Kier molecular flexibility index (Phi) is 5.09. The molecule has 0 spiro atoms. The molecule has 1 atom stereocenters. The van der Waals surface area contributed by atoms with Gasteiger partial charge in [-0.3, -0.25) is 4.79 Å². The molecule has 0 saturated heterocycles. The van der Waals surface area contributed by atoms with Crippen LogP contribution in [0.5, 0.6) is 0 Å². The van der Waals surface area contributed by atoms with Crippen LogP contribution in [0.15, 0.2) is 10.6 Å². The Labute approximate surface area is 112 Å². The Bertz CT molecular complexity index is 451. The van der Waals surface area contributed by atoms with Crippen LogP contribution in [-0.4, -0.2) is 28.2 Å². The minimum atomic E-state index is -1.05. The molecule has 6 nitrogen and oxygen atoms in total. The van der Waals surface area contributed by atoms with E-state index in [-0.39, 0.29) is 17.5 Å². The number of aliphatic carboxylic acids is 1. The smallest absolute Gasteiger partial charge is 0.326 e. The first-order valence-corrected chi connectivity index (χ1v) is 6.31. The molecule has 1 aromatic heterocycles. The van der Waals surface area contributed by atoms with E-state index >= 15 is 0 Å². The van der Waals surface area contributed by atoms with Gasteiger partial charge in [0.15, 0.2) is 5.69 Å². The topological polar surface area (TPSA) is 92.4 Å². The maximum Gasteiger partial charge on any atom is 0.326 e. The number of carboxylic acids is 1. The molecule has 6 heteroatoms. The van der Waals surface area contributed by atoms with E-state index in [0.717, 1.165) is 0 Å². The highest BCUT2D eigenvalue weighted by molar-refractivity contribution is 5.94. The second-order valence-corrected chi connectivity index (χ2v) is 5.26. The minimum absolute atomic E-state index is 0.110. The lowest BCUT2D eigenvalue weighted by Gasteiger charge is -2.15. The van der Waals surface area contributed by atoms with Gasteiger partial charge in [0.2, 0.25) is 0 Å². The van der Waals surface area contributed by atoms with Crippen LogP contribution in [0, 0.1) is 5.92 Å². The van der Waals surface area contributed by atoms with Gasteiger partial charge in [0, 0.05) is 12.0 Å². The monoisotopic (exact) mass is 268 g/mol. The lowest BCUT2D eigenvalue weighted by Crippen LogP contribution is -2.41. The molecule has 106 valence electrons. The Morgan fingerprint density at radius 1 is 1.37 bits per heavy atom. The summed E-state index contributed by atoms with van der Waals surface area (Å²) < 4.78 is 5.01. The first kappa shape index (κ1) is 15.2. The molecule has 2 N–H and O–H groups in total. The van der Waals surface area contributed by atoms with Crippen LogP contribution >= 0.6 is 0 Å². The van der Waals surface area contributed by atoms with Gasteiger partial charge in [0.1, 0.15) is 11.8 Å². The highest BCUT2D eigenvalue weighted by Gasteiger charge is 2.23. The molecule has 0 aliphatic rings. The number of carbonyl (C=O) groups is 2. The lowest BCUT2D eigenvalue weighted by molar-refractivity contribution is -0.139. The second kappa shape index (κ2) is 6.36. The van der Waals surface area contributed by atoms with Crippen molar-refractivity contribution in [3.63, 3.8) is 0 Å². The number of hydrogen-bond donors (Lipinski definition) is 2. The van der Waals surface area contributed by atoms with E-state index in [1.54, 1.807) is 0 Å². The molecular weight excluding hydrogens is 248 g/mol. The number of hydrogen-bond acceptors (Lipinski definition) is 4. The van der Waals surface area contributed by atoms with Crippen molar-refractivity contribution in [3.8, 4) is 0 Å². The van der Waals surface area contributed by atoms with E-state index in [2.05, 4.69) is 10.5 Å². The van der Waals surface area contributed by atoms with Gasteiger partial charge < -0.3 is 14.9 Å². The van der Waals surface area contributed by atoms with Gasteiger partial charge in [-0.25, -0.2) is 4.79 Å². The molecule has 1 unspecified atom stereocenters. The number of rotatable bonds is 6. The molecule has 1 heterocycles. The zero-order valence-electron chi connectivity index (χ0n) is 11.6. The van der Waals surface area contributed by atoms with E-state index in [4.69, 9.17) is 9.63 Å². The van der Waals surface area contributed by atoms with Crippen molar-refractivity contribution in [2.24, 2.45) is 5.92 Å². The quantitative estimate of drug-likeness (QED) is 0.823. The van der Waals surface area contributed by atoms with Gasteiger partial charge in [-0.1, -0.05) is 32.9 Å². The van der Waals surface area contributed by atoms with Crippen molar-refractivity contribution >= 4 is 11.9 Å². The SMILES string of the molecule is CC(C)CC(NC(=O)c1cc(C(C)C)on1)C(=O)O. The van der Waals surface area contributed by atoms with Gasteiger partial charge in [-0.05, 0) is 12.3 Å². The summed E-state index contributed by atoms with van der Waals surface area (Å²) in [6.07, 6.45) is 0.371. The molecule has 0 saturated carbocycles. The molecule has 0 aromatic carbocycles. The highest BCUT2D eigenvalue weighted by atomic mass is 16.5. The number of carbonyl (C=O) groups excluding carboxylic acids is 1. The fourth-order valence-corrected chi connectivity index (χ4v) is 1.59. The van der Waals surface area contributed by atoms with Crippen molar-refractivity contribution in [2.45, 2.75) is 46.1 Å². The maximum atomic E-state index is 11.9. The first-order valence-electron chi connectivity index (χ1n) is 6.31. The number of carboxylic acid groups (broad SMARTS) is 1. The summed E-state index contributed by atoms with van der Waals surface area (Å²) in [5, 5.41) is 15.2. The summed E-state index contributed by atoms with van der Waals surface area (Å²) in [4.78, 5) is 22.9. The Hall–Kier alpha value is -1.85. The van der Waals surface area contributed by atoms with Crippen LogP contribution < -0.4 is 5.32 Å². The third-order valence-electron chi connectivity index (χ3n) is 2.64. The Morgan fingerprint density at radius 2 is 2.00 bits per heavy atom. The predicted molar refractivity (Wildman–Crippen MR) is 68.9 cm³/mol. The van der Waals surface area contributed by atoms with Gasteiger partial charge >= 0.3 is 5.97 Å². The van der Waals surface area contributed by atoms with Gasteiger partial charge in [-0.2, -0.15) is 0 Å². The van der Waals surface area contributed by atoms with Gasteiger partial charge in [0.25, 0.3) is 5.91 Å². The zero-order chi connectivity index (χ0) is 14.6. The standard InChI is InChI=1S/C13H20N2O4/c1-7(2)5-10(13(17)18)14-12(16)9-6-11(8(3)4)19-15-9/h6-8,10H,5H2,1-4H3,(H,14,16)(H,17,18). The van der Waals surface area contributed by atoms with Crippen molar-refractivity contribution in [1.82, 2.24) is 10.5 Å². The molecule has 0 radical (unpaired) electrons. The lowest BCUT2D eigenvalue weighted by atomic mass is 10.0. The molecule has 0 aliphatic heterocycles. The average Bonchev–Trinajstić information content (AvgIpc) is 2.76. The van der Waals surface area contributed by atoms with Crippen LogP contribution in [0.25, 0.3) is 0 Å². The number of aromatic nitrogens is 1. The summed E-state index contributed by atoms with van der Waals surface area (Å²) in [6, 6.07) is 0.626. The largest absolute Gasteiger partial charge is 0.480 e. The van der Waals surface area contributed by atoms with Crippen LogP contribution in [0.1, 0.15) is 56.3 Å². The molecule has 1 aromatic rings. The zero-order valence-corrected chi connectivity index (χ0v) is 11.6. The summed E-state index contributed by atoms with van der Waals surface area (Å²) in [7, 11) is 0. The van der Waals surface area contributed by atoms with E-state index in [1.165, 1.54) is 6.07 Å². The predicted octanol–water partition coefficient (Wildman–Crippen LogP) is 2.03. The normalized spacial score (nSPS) is 12.7. The van der Waals surface area contributed by atoms with Crippen LogP contribution in [0.2, 0.25) is 0 Å². The molecule has 0 aliphatic carbocycles. The highest BCUT2D eigenvalue weighted by Crippen LogP contribution is 2.15. The van der Waals surface area contributed by atoms with E-state index in [1.807, 2.05) is 27.7 Å². The van der Waals surface area contributed by atoms with E-state index in [9.17, 15) is 9.59 Å². The first-order chi connectivity index (χ1) is 8.81. The number of nitrogens with one attached hydrogen (secondary N) is 1. The number of amides is 1. The summed E-state index contributed by atoms with van der Waals surface area (Å²) in [6.45, 7) is 7.63. The van der Waals surface area contributed by atoms with Gasteiger partial charge in [-0.15, -0.1) is 0 Å².